The van der Waals surface area contributed by atoms with E-state index >= 15 is 0 Å². The average Bonchev–Trinajstić information content (AvgIpc) is 3.79. The molecule has 4 saturated heterocycles. The first-order chi connectivity index (χ1) is 30.0. The SMILES string of the molecule is CCC(C)[C@@H]1NC(=O)[C@@H](Cc2ccccc2)NC(=O)[C@@H]2CCCN2C(=O)[C@@H](CCCCNC(=O)OCc2ccccc2Cl)NC(=O)[C@@H]2CCCCN2C(=O)[C@H]2CCCCN2C1=O. The van der Waals surface area contributed by atoms with Crippen molar-refractivity contribution in [1.82, 2.24) is 36.0 Å². The fraction of sp³-hybridized carbons (Fsp3) is 0.587. The molecule has 0 saturated carbocycles. The van der Waals surface area contributed by atoms with Crippen molar-refractivity contribution in [3.05, 3.63) is 70.7 Å². The summed E-state index contributed by atoms with van der Waals surface area (Å²) in [5, 5.41) is 12.2. The highest BCUT2D eigenvalue weighted by Gasteiger charge is 2.45. The van der Waals surface area contributed by atoms with Crippen molar-refractivity contribution in [2.45, 2.75) is 140 Å². The van der Waals surface area contributed by atoms with Crippen LogP contribution in [0.2, 0.25) is 5.02 Å². The molecule has 62 heavy (non-hydrogen) atoms. The van der Waals surface area contributed by atoms with Gasteiger partial charge in [0.25, 0.3) is 0 Å². The number of piperidine rings is 2. The number of carbonyl (C=O) groups is 7. The maximum Gasteiger partial charge on any atom is 0.407 e. The molecular formula is C46H62ClN7O8. The van der Waals surface area contributed by atoms with Crippen LogP contribution in [0, 0.1) is 5.92 Å². The number of amides is 7. The van der Waals surface area contributed by atoms with E-state index in [0.29, 0.717) is 87.9 Å². The minimum atomic E-state index is -1.08. The van der Waals surface area contributed by atoms with Crippen LogP contribution in [0.3, 0.4) is 0 Å². The molecule has 0 radical (unpaired) electrons. The summed E-state index contributed by atoms with van der Waals surface area (Å²) in [7, 11) is 0. The van der Waals surface area contributed by atoms with Gasteiger partial charge in [-0.3, -0.25) is 28.8 Å². The zero-order valence-electron chi connectivity index (χ0n) is 36.0. The maximum absolute atomic E-state index is 14.6. The highest BCUT2D eigenvalue weighted by atomic mass is 35.5. The number of nitrogens with zero attached hydrogens (tertiary/aromatic N) is 3. The molecule has 0 aromatic heterocycles. The average molecular weight is 876 g/mol. The number of unbranched alkanes of at least 4 members (excludes halogenated alkanes) is 1. The predicted molar refractivity (Wildman–Crippen MR) is 232 cm³/mol. The summed E-state index contributed by atoms with van der Waals surface area (Å²) in [6.07, 6.45) is 5.67. The molecule has 4 heterocycles. The third-order valence-electron chi connectivity index (χ3n) is 12.8. The van der Waals surface area contributed by atoms with Gasteiger partial charge in [0, 0.05) is 43.2 Å². The standard InChI is InChI=1S/C46H62ClN7O8/c1-3-30(2)39-45(60)54-26-14-11-22-38(54)44(59)53-25-13-10-21-36(53)41(56)49-34(20-9-12-24-48-46(61)62-29-32-18-7-8-19-33(32)47)43(58)52-27-15-23-37(52)42(57)50-35(40(55)51-39)28-31-16-5-4-6-17-31/h4-8,16-19,30,34-39H,3,9-15,20-29H2,1-2H3,(H,48,61)(H,49,56)(H,50,57)(H,51,55)/t30?,34-,35-,36+,37+,38-,39+/m1/s1. The maximum atomic E-state index is 14.6. The quantitative estimate of drug-likeness (QED) is 0.242. The van der Waals surface area contributed by atoms with Gasteiger partial charge in [-0.05, 0) is 88.2 Å². The summed E-state index contributed by atoms with van der Waals surface area (Å²) in [6.45, 7) is 5.00. The van der Waals surface area contributed by atoms with Gasteiger partial charge in [0.15, 0.2) is 0 Å². The van der Waals surface area contributed by atoms with E-state index in [1.54, 1.807) is 34.1 Å². The van der Waals surface area contributed by atoms with Crippen LogP contribution in [0.25, 0.3) is 0 Å². The Kier molecular flexibility index (Phi) is 16.6. The van der Waals surface area contributed by atoms with Gasteiger partial charge >= 0.3 is 6.09 Å². The summed E-state index contributed by atoms with van der Waals surface area (Å²) >= 11 is 6.18. The first-order valence-electron chi connectivity index (χ1n) is 22.5. The van der Waals surface area contributed by atoms with E-state index in [9.17, 15) is 33.6 Å². The lowest BCUT2D eigenvalue weighted by Crippen LogP contribution is -2.64. The molecule has 1 unspecified atom stereocenters. The predicted octanol–water partition coefficient (Wildman–Crippen LogP) is 4.25. The Morgan fingerprint density at radius 3 is 2.00 bits per heavy atom. The smallest absolute Gasteiger partial charge is 0.407 e. The number of benzene rings is 2. The van der Waals surface area contributed by atoms with Gasteiger partial charge in [0.05, 0.1) is 0 Å². The Bertz CT molecular complexity index is 1920. The molecule has 0 spiro atoms. The molecule has 336 valence electrons. The highest BCUT2D eigenvalue weighted by molar-refractivity contribution is 6.31. The molecule has 0 aliphatic carbocycles. The number of fused-ring (bicyclic) bond motifs is 3. The molecule has 7 amide bonds. The Labute approximate surface area is 369 Å². The zero-order chi connectivity index (χ0) is 44.2. The first kappa shape index (κ1) is 46.3. The minimum absolute atomic E-state index is 0.00468. The highest BCUT2D eigenvalue weighted by Crippen LogP contribution is 2.28. The second-order valence-corrected chi connectivity index (χ2v) is 17.5. The van der Waals surface area contributed by atoms with Crippen molar-refractivity contribution in [2.75, 3.05) is 26.2 Å². The van der Waals surface area contributed by atoms with E-state index in [2.05, 4.69) is 21.3 Å². The molecule has 15 nitrogen and oxygen atoms in total. The van der Waals surface area contributed by atoms with E-state index in [0.717, 1.165) is 12.0 Å². The summed E-state index contributed by atoms with van der Waals surface area (Å²) < 4.78 is 5.32. The third-order valence-corrected chi connectivity index (χ3v) is 13.2. The van der Waals surface area contributed by atoms with Crippen LogP contribution in [-0.4, -0.2) is 119 Å². The van der Waals surface area contributed by atoms with Gasteiger partial charge in [-0.15, -0.1) is 0 Å². The topological polar surface area (TPSA) is 187 Å². The summed E-state index contributed by atoms with van der Waals surface area (Å²) in [5.74, 6) is -2.86. The fourth-order valence-electron chi connectivity index (χ4n) is 9.06. The Morgan fingerprint density at radius 2 is 1.31 bits per heavy atom. The van der Waals surface area contributed by atoms with Crippen molar-refractivity contribution in [2.24, 2.45) is 5.92 Å². The van der Waals surface area contributed by atoms with Gasteiger partial charge < -0.3 is 40.7 Å². The van der Waals surface area contributed by atoms with Gasteiger partial charge in [0.2, 0.25) is 35.4 Å². The number of carbonyl (C=O) groups excluding carboxylic acids is 7. The molecule has 6 rings (SSSR count). The van der Waals surface area contributed by atoms with E-state index in [-0.39, 0.29) is 50.3 Å². The Balaban J connectivity index is 1.26. The van der Waals surface area contributed by atoms with E-state index in [1.165, 1.54) is 4.90 Å². The van der Waals surface area contributed by atoms with Gasteiger partial charge in [-0.2, -0.15) is 0 Å². The number of hydrogen-bond donors (Lipinski definition) is 4. The van der Waals surface area contributed by atoms with Crippen molar-refractivity contribution >= 4 is 53.1 Å². The molecule has 4 fully saturated rings. The van der Waals surface area contributed by atoms with Crippen molar-refractivity contribution in [1.29, 1.82) is 0 Å². The van der Waals surface area contributed by atoms with E-state index in [4.69, 9.17) is 16.3 Å². The number of nitrogens with one attached hydrogen (secondary N) is 4. The van der Waals surface area contributed by atoms with Crippen LogP contribution >= 0.6 is 11.6 Å². The number of rotatable bonds is 11. The van der Waals surface area contributed by atoms with Gasteiger partial charge in [-0.25, -0.2) is 4.79 Å². The van der Waals surface area contributed by atoms with Crippen LogP contribution in [-0.2, 0) is 46.5 Å². The van der Waals surface area contributed by atoms with Crippen LogP contribution in [0.15, 0.2) is 54.6 Å². The second kappa shape index (κ2) is 22.3. The number of hydrogen-bond acceptors (Lipinski definition) is 8. The lowest BCUT2D eigenvalue weighted by molar-refractivity contribution is -0.155. The minimum Gasteiger partial charge on any atom is -0.445 e. The summed E-state index contributed by atoms with van der Waals surface area (Å²) in [5.41, 5.74) is 1.47. The Hall–Kier alpha value is -5.18. The lowest BCUT2D eigenvalue weighted by Gasteiger charge is -2.43. The van der Waals surface area contributed by atoms with E-state index < -0.39 is 66.0 Å². The molecule has 16 heteroatoms. The molecule has 4 aliphatic heterocycles. The summed E-state index contributed by atoms with van der Waals surface area (Å²) in [4.78, 5) is 104. The molecular weight excluding hydrogens is 814 g/mol. The number of alkyl carbamates (subject to hydrolysis) is 1. The lowest BCUT2D eigenvalue weighted by atomic mass is 9.92. The molecule has 4 N–H and O–H groups in total. The summed E-state index contributed by atoms with van der Waals surface area (Å²) in [6, 6.07) is 10.7. The zero-order valence-corrected chi connectivity index (χ0v) is 36.7. The van der Waals surface area contributed by atoms with Crippen molar-refractivity contribution in [3.8, 4) is 0 Å². The normalized spacial score (nSPS) is 25.9. The van der Waals surface area contributed by atoms with Crippen LogP contribution < -0.4 is 21.3 Å². The van der Waals surface area contributed by atoms with Gasteiger partial charge in [0.1, 0.15) is 42.9 Å². The molecule has 4 aliphatic rings. The molecule has 2 aromatic rings. The van der Waals surface area contributed by atoms with E-state index in [1.807, 2.05) is 44.2 Å². The Morgan fingerprint density at radius 1 is 0.710 bits per heavy atom. The largest absolute Gasteiger partial charge is 0.445 e. The van der Waals surface area contributed by atoms with Crippen LogP contribution in [0.5, 0.6) is 0 Å². The molecule has 7 atom stereocenters. The van der Waals surface area contributed by atoms with Crippen molar-refractivity contribution in [3.63, 3.8) is 0 Å². The monoisotopic (exact) mass is 875 g/mol. The molecule has 0 bridgehead atoms. The third kappa shape index (κ3) is 11.6. The second-order valence-electron chi connectivity index (χ2n) is 17.1. The van der Waals surface area contributed by atoms with Crippen LogP contribution in [0.1, 0.15) is 102 Å². The number of ether oxygens (including phenoxy) is 1. The first-order valence-corrected chi connectivity index (χ1v) is 22.8. The van der Waals surface area contributed by atoms with Crippen molar-refractivity contribution < 1.29 is 38.3 Å². The molecule has 2 aromatic carbocycles. The fourth-order valence-corrected chi connectivity index (χ4v) is 9.25. The van der Waals surface area contributed by atoms with Gasteiger partial charge in [-0.1, -0.05) is 80.4 Å². The number of halogens is 1. The van der Waals surface area contributed by atoms with Crippen LogP contribution in [0.4, 0.5) is 4.79 Å².